The fourth-order valence-electron chi connectivity index (χ4n) is 3.89. The Bertz CT molecular complexity index is 607. The van der Waals surface area contributed by atoms with Crippen LogP contribution in [-0.4, -0.2) is 34.2 Å². The van der Waals surface area contributed by atoms with E-state index in [1.807, 2.05) is 6.20 Å². The fraction of sp³-hybridized carbons (Fsp3) is 0.500. The van der Waals surface area contributed by atoms with E-state index in [1.165, 1.54) is 24.0 Å². The normalized spacial score (nSPS) is 21.9. The van der Waals surface area contributed by atoms with Gasteiger partial charge in [0.05, 0.1) is 11.8 Å². The summed E-state index contributed by atoms with van der Waals surface area (Å²) in [6.45, 7) is 3.30. The number of aliphatic hydroxyl groups excluding tert-OH is 1. The van der Waals surface area contributed by atoms with Crippen molar-refractivity contribution in [1.29, 1.82) is 0 Å². The first-order chi connectivity index (χ1) is 10.7. The summed E-state index contributed by atoms with van der Waals surface area (Å²) in [6, 6.07) is 6.45. The molecule has 2 aliphatic rings. The first-order valence-corrected chi connectivity index (χ1v) is 9.05. The lowest BCUT2D eigenvalue weighted by molar-refractivity contribution is -0.0690. The van der Waals surface area contributed by atoms with Gasteiger partial charge < -0.3 is 5.11 Å². The third-order valence-electron chi connectivity index (χ3n) is 5.30. The van der Waals surface area contributed by atoms with Gasteiger partial charge in [0.15, 0.2) is 0 Å². The van der Waals surface area contributed by atoms with Gasteiger partial charge in [-0.3, -0.25) is 9.88 Å². The third-order valence-corrected chi connectivity index (χ3v) is 5.99. The summed E-state index contributed by atoms with van der Waals surface area (Å²) >= 11 is 1.71. The molecule has 2 aromatic rings. The van der Waals surface area contributed by atoms with Crippen LogP contribution >= 0.6 is 11.3 Å². The lowest BCUT2D eigenvalue weighted by Gasteiger charge is -2.50. The Balaban J connectivity index is 1.34. The van der Waals surface area contributed by atoms with Crippen molar-refractivity contribution in [1.82, 2.24) is 9.88 Å². The van der Waals surface area contributed by atoms with Gasteiger partial charge in [-0.2, -0.15) is 11.3 Å². The van der Waals surface area contributed by atoms with E-state index < -0.39 is 0 Å². The number of aliphatic hydroxyl groups is 1. The summed E-state index contributed by atoms with van der Waals surface area (Å²) in [5.41, 5.74) is 4.03. The Morgan fingerprint density at radius 3 is 2.64 bits per heavy atom. The molecule has 0 amide bonds. The number of hydrogen-bond acceptors (Lipinski definition) is 4. The molecule has 0 aromatic carbocycles. The Morgan fingerprint density at radius 2 is 2.05 bits per heavy atom. The van der Waals surface area contributed by atoms with E-state index in [4.69, 9.17) is 0 Å². The zero-order chi connectivity index (χ0) is 15.0. The van der Waals surface area contributed by atoms with Gasteiger partial charge >= 0.3 is 0 Å². The fourth-order valence-corrected chi connectivity index (χ4v) is 4.54. The van der Waals surface area contributed by atoms with Crippen molar-refractivity contribution in [3.63, 3.8) is 0 Å². The standard InChI is InChI=1S/C18H22N2OS/c21-16-9-18(10-16)4-6-20(7-5-18)12-14-1-2-17(19-11-14)15-3-8-22-13-15/h1-3,8,11,13,16,21H,4-7,9-10,12H2. The van der Waals surface area contributed by atoms with E-state index in [2.05, 4.69) is 38.8 Å². The molecule has 0 unspecified atom stereocenters. The summed E-state index contributed by atoms with van der Waals surface area (Å²) < 4.78 is 0. The molecule has 1 saturated carbocycles. The second-order valence-corrected chi connectivity index (χ2v) is 7.68. The number of aromatic nitrogens is 1. The maximum Gasteiger partial charge on any atom is 0.0710 e. The maximum absolute atomic E-state index is 9.55. The summed E-state index contributed by atoms with van der Waals surface area (Å²) in [6.07, 6.45) is 6.52. The molecule has 1 spiro atoms. The average Bonchev–Trinajstić information content (AvgIpc) is 3.03. The van der Waals surface area contributed by atoms with Gasteiger partial charge in [0.2, 0.25) is 0 Å². The molecule has 4 rings (SSSR count). The molecule has 0 atom stereocenters. The molecule has 2 fully saturated rings. The number of nitrogens with zero attached hydrogens (tertiary/aromatic N) is 2. The summed E-state index contributed by atoms with van der Waals surface area (Å²) in [5, 5.41) is 13.8. The second kappa shape index (κ2) is 5.76. The van der Waals surface area contributed by atoms with Gasteiger partial charge in [-0.05, 0) is 67.3 Å². The maximum atomic E-state index is 9.55. The van der Waals surface area contributed by atoms with Crippen molar-refractivity contribution in [2.45, 2.75) is 38.3 Å². The van der Waals surface area contributed by atoms with E-state index >= 15 is 0 Å². The molecule has 1 aliphatic carbocycles. The predicted octanol–water partition coefficient (Wildman–Crippen LogP) is 3.55. The van der Waals surface area contributed by atoms with Crippen LogP contribution in [0.3, 0.4) is 0 Å². The van der Waals surface area contributed by atoms with Crippen molar-refractivity contribution in [2.75, 3.05) is 13.1 Å². The lowest BCUT2D eigenvalue weighted by Crippen LogP contribution is -2.48. The molecular weight excluding hydrogens is 292 g/mol. The molecule has 0 radical (unpaired) electrons. The SMILES string of the molecule is OC1CC2(CCN(Cc3ccc(-c4ccsc4)nc3)CC2)C1. The number of pyridine rings is 1. The zero-order valence-corrected chi connectivity index (χ0v) is 13.6. The van der Waals surface area contributed by atoms with Gasteiger partial charge in [-0.1, -0.05) is 6.07 Å². The van der Waals surface area contributed by atoms with Gasteiger partial charge in [-0.15, -0.1) is 0 Å². The highest BCUT2D eigenvalue weighted by atomic mass is 32.1. The Morgan fingerprint density at radius 1 is 1.23 bits per heavy atom. The highest BCUT2D eigenvalue weighted by Crippen LogP contribution is 2.49. The molecule has 0 bridgehead atoms. The van der Waals surface area contributed by atoms with Crippen LogP contribution in [0.25, 0.3) is 11.3 Å². The minimum atomic E-state index is -0.0274. The minimum absolute atomic E-state index is 0.0274. The average molecular weight is 314 g/mol. The van der Waals surface area contributed by atoms with Crippen LogP contribution in [-0.2, 0) is 6.54 Å². The number of rotatable bonds is 3. The molecular formula is C18H22N2OS. The van der Waals surface area contributed by atoms with Crippen molar-refractivity contribution in [3.8, 4) is 11.3 Å². The lowest BCUT2D eigenvalue weighted by atomic mass is 9.61. The Kier molecular flexibility index (Phi) is 3.76. The van der Waals surface area contributed by atoms with Crippen molar-refractivity contribution < 1.29 is 5.11 Å². The largest absolute Gasteiger partial charge is 0.393 e. The van der Waals surface area contributed by atoms with Crippen molar-refractivity contribution in [2.24, 2.45) is 5.41 Å². The minimum Gasteiger partial charge on any atom is -0.393 e. The topological polar surface area (TPSA) is 36.4 Å². The van der Waals surface area contributed by atoms with Crippen LogP contribution in [0.4, 0.5) is 0 Å². The van der Waals surface area contributed by atoms with Crippen molar-refractivity contribution in [3.05, 3.63) is 40.7 Å². The zero-order valence-electron chi connectivity index (χ0n) is 12.7. The van der Waals surface area contributed by atoms with E-state index in [0.29, 0.717) is 5.41 Å². The molecule has 116 valence electrons. The number of likely N-dealkylation sites (tertiary alicyclic amines) is 1. The van der Waals surface area contributed by atoms with Gasteiger partial charge in [-0.25, -0.2) is 0 Å². The number of hydrogen-bond donors (Lipinski definition) is 1. The molecule has 1 N–H and O–H groups in total. The van der Waals surface area contributed by atoms with Crippen LogP contribution in [0.15, 0.2) is 35.2 Å². The molecule has 4 heteroatoms. The van der Waals surface area contributed by atoms with E-state index in [-0.39, 0.29) is 6.10 Å². The number of thiophene rings is 1. The first kappa shape index (κ1) is 14.4. The van der Waals surface area contributed by atoms with Crippen LogP contribution in [0.5, 0.6) is 0 Å². The first-order valence-electron chi connectivity index (χ1n) is 8.10. The Hall–Kier alpha value is -1.23. The smallest absolute Gasteiger partial charge is 0.0710 e. The monoisotopic (exact) mass is 314 g/mol. The molecule has 3 heterocycles. The van der Waals surface area contributed by atoms with Crippen molar-refractivity contribution >= 4 is 11.3 Å². The van der Waals surface area contributed by atoms with Crippen LogP contribution in [0.1, 0.15) is 31.2 Å². The quantitative estimate of drug-likeness (QED) is 0.941. The highest BCUT2D eigenvalue weighted by molar-refractivity contribution is 7.08. The van der Waals surface area contributed by atoms with E-state index in [1.54, 1.807) is 11.3 Å². The Labute approximate surface area is 135 Å². The molecule has 1 saturated heterocycles. The van der Waals surface area contributed by atoms with E-state index in [9.17, 15) is 5.11 Å². The van der Waals surface area contributed by atoms with Crippen LogP contribution in [0, 0.1) is 5.41 Å². The molecule has 2 aromatic heterocycles. The molecule has 1 aliphatic heterocycles. The van der Waals surface area contributed by atoms with Gasteiger partial charge in [0.25, 0.3) is 0 Å². The summed E-state index contributed by atoms with van der Waals surface area (Å²) in [7, 11) is 0. The van der Waals surface area contributed by atoms with Gasteiger partial charge in [0, 0.05) is 23.7 Å². The summed E-state index contributed by atoms with van der Waals surface area (Å²) in [5.74, 6) is 0. The third kappa shape index (κ3) is 2.83. The molecule has 3 nitrogen and oxygen atoms in total. The van der Waals surface area contributed by atoms with Gasteiger partial charge in [0.1, 0.15) is 0 Å². The summed E-state index contributed by atoms with van der Waals surface area (Å²) in [4.78, 5) is 7.12. The molecule has 22 heavy (non-hydrogen) atoms. The predicted molar refractivity (Wildman–Crippen MR) is 89.7 cm³/mol. The number of piperidine rings is 1. The highest BCUT2D eigenvalue weighted by Gasteiger charge is 2.44. The van der Waals surface area contributed by atoms with Crippen LogP contribution < -0.4 is 0 Å². The van der Waals surface area contributed by atoms with Crippen LogP contribution in [0.2, 0.25) is 0 Å². The second-order valence-electron chi connectivity index (χ2n) is 6.90. The van der Waals surface area contributed by atoms with E-state index in [0.717, 1.165) is 38.2 Å².